The molecule has 0 bridgehead atoms. The number of dihydropyridines is 1. The van der Waals surface area contributed by atoms with E-state index in [2.05, 4.69) is 10.6 Å². The quantitative estimate of drug-likeness (QED) is 0.715. The number of carbonyl (C=O) groups excluding carboxylic acids is 3. The number of nitrogens with zero attached hydrogens (tertiary/aromatic N) is 1. The van der Waals surface area contributed by atoms with Crippen LogP contribution in [0.4, 0.5) is 4.79 Å². The van der Waals surface area contributed by atoms with Gasteiger partial charge in [0.05, 0.1) is 5.70 Å². The largest absolute Gasteiger partial charge is 0.352 e. The van der Waals surface area contributed by atoms with Crippen LogP contribution in [0, 0.1) is 0 Å². The Labute approximate surface area is 133 Å². The van der Waals surface area contributed by atoms with Crippen LogP contribution in [0.25, 0.3) is 0 Å². The molecule has 0 aromatic heterocycles. The molecule has 2 aliphatic heterocycles. The lowest BCUT2D eigenvalue weighted by molar-refractivity contribution is -0.125. The van der Waals surface area contributed by atoms with Crippen molar-refractivity contribution in [2.75, 3.05) is 7.05 Å². The first-order chi connectivity index (χ1) is 10.9. The van der Waals surface area contributed by atoms with E-state index in [0.29, 0.717) is 18.5 Å². The highest BCUT2D eigenvalue weighted by molar-refractivity contribution is 6.07. The maximum Gasteiger partial charge on any atom is 0.324 e. The summed E-state index contributed by atoms with van der Waals surface area (Å²) in [5.74, 6) is -0.227. The topological polar surface area (TPSA) is 78.5 Å². The molecule has 1 fully saturated rings. The molecule has 4 rings (SSSR count). The van der Waals surface area contributed by atoms with E-state index >= 15 is 0 Å². The molecule has 0 saturated carbocycles. The molecule has 6 nitrogen and oxygen atoms in total. The molecular weight excluding hydrogens is 294 g/mol. The first-order valence-corrected chi connectivity index (χ1v) is 7.62. The van der Waals surface area contributed by atoms with E-state index in [-0.39, 0.29) is 17.7 Å². The molecule has 3 amide bonds. The number of likely N-dealkylation sites (N-methyl/N-ethyl adjacent to an activating group) is 1. The second-order valence-corrected chi connectivity index (χ2v) is 6.52. The van der Waals surface area contributed by atoms with Gasteiger partial charge in [-0.2, -0.15) is 0 Å². The fraction of sp³-hybridized carbons (Fsp3) is 0.353. The number of allylic oxidation sites excluding steroid dienone is 5. The number of rotatable bonds is 1. The third kappa shape index (κ3) is 1.84. The van der Waals surface area contributed by atoms with Crippen LogP contribution < -0.4 is 10.6 Å². The highest BCUT2D eigenvalue weighted by atomic mass is 16.2. The zero-order valence-electron chi connectivity index (χ0n) is 13.0. The van der Waals surface area contributed by atoms with Gasteiger partial charge in [-0.05, 0) is 29.7 Å². The van der Waals surface area contributed by atoms with Crippen molar-refractivity contribution in [1.82, 2.24) is 15.5 Å². The first-order valence-electron chi connectivity index (χ1n) is 7.62. The maximum absolute atomic E-state index is 12.3. The summed E-state index contributed by atoms with van der Waals surface area (Å²) in [6.07, 6.45) is 7.60. The number of fused-ring (bicyclic) bond motifs is 1. The molecule has 0 aromatic rings. The molecule has 4 aliphatic rings. The summed E-state index contributed by atoms with van der Waals surface area (Å²) >= 11 is 0. The maximum atomic E-state index is 12.3. The summed E-state index contributed by atoms with van der Waals surface area (Å²) in [5.41, 5.74) is 4.09. The Morgan fingerprint density at radius 3 is 2.65 bits per heavy atom. The smallest absolute Gasteiger partial charge is 0.324 e. The van der Waals surface area contributed by atoms with Crippen LogP contribution in [0.5, 0.6) is 0 Å². The van der Waals surface area contributed by atoms with Gasteiger partial charge in [0.25, 0.3) is 5.91 Å². The van der Waals surface area contributed by atoms with Gasteiger partial charge in [-0.15, -0.1) is 0 Å². The fourth-order valence-electron chi connectivity index (χ4n) is 3.77. The second-order valence-electron chi connectivity index (χ2n) is 6.52. The average Bonchev–Trinajstić information content (AvgIpc) is 2.98. The van der Waals surface area contributed by atoms with Crippen LogP contribution in [0.3, 0.4) is 0 Å². The van der Waals surface area contributed by atoms with Gasteiger partial charge >= 0.3 is 6.03 Å². The summed E-state index contributed by atoms with van der Waals surface area (Å²) in [6, 6.07) is -0.335. The summed E-state index contributed by atoms with van der Waals surface area (Å²) in [6.45, 7) is 1.53. The molecule has 1 saturated heterocycles. The van der Waals surface area contributed by atoms with Crippen molar-refractivity contribution in [2.45, 2.75) is 31.7 Å². The number of imide groups is 1. The molecule has 118 valence electrons. The van der Waals surface area contributed by atoms with Crippen LogP contribution in [-0.2, 0) is 9.59 Å². The van der Waals surface area contributed by atoms with Crippen molar-refractivity contribution in [3.05, 3.63) is 46.3 Å². The molecule has 6 heteroatoms. The van der Waals surface area contributed by atoms with Crippen LogP contribution in [-0.4, -0.2) is 35.2 Å². The molecule has 0 radical (unpaired) electrons. The van der Waals surface area contributed by atoms with Gasteiger partial charge in [0.1, 0.15) is 5.54 Å². The van der Waals surface area contributed by atoms with Crippen LogP contribution in [0.15, 0.2) is 46.3 Å². The molecule has 23 heavy (non-hydrogen) atoms. The van der Waals surface area contributed by atoms with Crippen LogP contribution in [0.2, 0.25) is 0 Å². The number of amides is 3. The third-order valence-electron chi connectivity index (χ3n) is 5.20. The van der Waals surface area contributed by atoms with Gasteiger partial charge in [0.2, 0.25) is 0 Å². The minimum absolute atomic E-state index is 0.00984. The molecule has 0 unspecified atom stereocenters. The standard InChI is InChI=1S/C17H17N3O3/c1-9(21)13-4-3-10-5-11-7-17(8-12(11)6-14(10)18-13)15(22)19-16(23)20(17)2/h3-4,6,18H,5,7-8H2,1-2H3,(H,19,22,23)/t17-/m1/s1. The predicted molar refractivity (Wildman–Crippen MR) is 83.0 cm³/mol. The van der Waals surface area contributed by atoms with Crippen molar-refractivity contribution in [3.63, 3.8) is 0 Å². The van der Waals surface area contributed by atoms with Crippen molar-refractivity contribution in [2.24, 2.45) is 0 Å². The molecule has 2 aliphatic carbocycles. The van der Waals surface area contributed by atoms with Crippen LogP contribution >= 0.6 is 0 Å². The number of urea groups is 1. The molecule has 2 heterocycles. The van der Waals surface area contributed by atoms with Crippen molar-refractivity contribution in [3.8, 4) is 0 Å². The van der Waals surface area contributed by atoms with E-state index < -0.39 is 5.54 Å². The van der Waals surface area contributed by atoms with Crippen molar-refractivity contribution < 1.29 is 14.4 Å². The molecule has 1 atom stereocenters. The van der Waals surface area contributed by atoms with Gasteiger partial charge in [0, 0.05) is 32.5 Å². The van der Waals surface area contributed by atoms with E-state index in [1.807, 2.05) is 12.2 Å². The Morgan fingerprint density at radius 1 is 1.22 bits per heavy atom. The Bertz CT molecular complexity index is 800. The van der Waals surface area contributed by atoms with E-state index in [1.54, 1.807) is 13.1 Å². The molecule has 0 aromatic carbocycles. The zero-order valence-corrected chi connectivity index (χ0v) is 13.0. The van der Waals surface area contributed by atoms with Gasteiger partial charge in [-0.25, -0.2) is 4.79 Å². The monoisotopic (exact) mass is 311 g/mol. The molecule has 2 N–H and O–H groups in total. The minimum Gasteiger partial charge on any atom is -0.352 e. The minimum atomic E-state index is -0.788. The normalized spacial score (nSPS) is 28.8. The Hall–Kier alpha value is -2.63. The zero-order chi connectivity index (χ0) is 16.4. The number of carbonyl (C=O) groups is 3. The summed E-state index contributed by atoms with van der Waals surface area (Å²) in [4.78, 5) is 37.2. The van der Waals surface area contributed by atoms with Crippen molar-refractivity contribution >= 4 is 17.7 Å². The summed E-state index contributed by atoms with van der Waals surface area (Å²) < 4.78 is 0. The van der Waals surface area contributed by atoms with Gasteiger partial charge in [-0.1, -0.05) is 11.6 Å². The highest BCUT2D eigenvalue weighted by Gasteiger charge is 2.55. The number of nitrogens with one attached hydrogen (secondary N) is 2. The molecular formula is C17H17N3O3. The number of ketones is 1. The lowest BCUT2D eigenvalue weighted by Crippen LogP contribution is -2.45. The Kier molecular flexibility index (Phi) is 2.70. The van der Waals surface area contributed by atoms with E-state index in [9.17, 15) is 14.4 Å². The van der Waals surface area contributed by atoms with E-state index in [0.717, 1.165) is 23.3 Å². The fourth-order valence-corrected chi connectivity index (χ4v) is 3.77. The third-order valence-corrected chi connectivity index (χ3v) is 5.20. The SMILES string of the molecule is CC(=O)C1=CC=C2CC3=C(C=C2N1)C[C@]1(C3)C(=O)NC(=O)N1C. The summed E-state index contributed by atoms with van der Waals surface area (Å²) in [7, 11) is 1.67. The lowest BCUT2D eigenvalue weighted by atomic mass is 9.90. The molecule has 1 spiro atoms. The summed E-state index contributed by atoms with van der Waals surface area (Å²) in [5, 5.41) is 5.58. The van der Waals surface area contributed by atoms with Crippen molar-refractivity contribution in [1.29, 1.82) is 0 Å². The lowest BCUT2D eigenvalue weighted by Gasteiger charge is -2.28. The Morgan fingerprint density at radius 2 is 2.00 bits per heavy atom. The predicted octanol–water partition coefficient (Wildman–Crippen LogP) is 1.29. The van der Waals surface area contributed by atoms with Gasteiger partial charge in [0.15, 0.2) is 5.78 Å². The number of hydrogen-bond acceptors (Lipinski definition) is 4. The first kappa shape index (κ1) is 14.0. The Balaban J connectivity index is 1.66. The van der Waals surface area contributed by atoms with Crippen LogP contribution in [0.1, 0.15) is 26.2 Å². The van der Waals surface area contributed by atoms with E-state index in [1.165, 1.54) is 17.4 Å². The number of Topliss-reactive ketones (excluding diaryl/α,β-unsaturated/α-hetero) is 1. The highest BCUT2D eigenvalue weighted by Crippen LogP contribution is 2.47. The van der Waals surface area contributed by atoms with Gasteiger partial charge < -0.3 is 10.2 Å². The van der Waals surface area contributed by atoms with Gasteiger partial charge in [-0.3, -0.25) is 14.9 Å². The average molecular weight is 311 g/mol. The second kappa shape index (κ2) is 4.44. The van der Waals surface area contributed by atoms with E-state index in [4.69, 9.17) is 0 Å². The number of hydrogen-bond donors (Lipinski definition) is 2.